The Hall–Kier alpha value is -2.50. The van der Waals surface area contributed by atoms with Crippen LogP contribution in [-0.4, -0.2) is 25.8 Å². The molecule has 0 amide bonds. The summed E-state index contributed by atoms with van der Waals surface area (Å²) in [6.45, 7) is 1.19. The number of rotatable bonds is 2. The molecule has 0 radical (unpaired) electrons. The second kappa shape index (κ2) is 3.82. The van der Waals surface area contributed by atoms with Crippen LogP contribution in [0.3, 0.4) is 0 Å². The number of carbonyl (C=O) groups is 1. The molecular formula is C11H10N2O4. The maximum absolute atomic E-state index is 11.4. The van der Waals surface area contributed by atoms with Crippen LogP contribution in [-0.2, 0) is 0 Å². The second-order valence-corrected chi connectivity index (χ2v) is 3.55. The van der Waals surface area contributed by atoms with Gasteiger partial charge in [-0.05, 0) is 19.1 Å². The van der Waals surface area contributed by atoms with Gasteiger partial charge in [-0.2, -0.15) is 0 Å². The van der Waals surface area contributed by atoms with Gasteiger partial charge in [-0.1, -0.05) is 6.07 Å². The summed E-state index contributed by atoms with van der Waals surface area (Å²) in [5.74, 6) is -1.00. The fourth-order valence-corrected chi connectivity index (χ4v) is 1.56. The van der Waals surface area contributed by atoms with Crippen molar-refractivity contribution in [2.24, 2.45) is 0 Å². The number of aromatic nitrogens is 2. The average molecular weight is 234 g/mol. The molecule has 0 saturated carbocycles. The molecule has 0 bridgehead atoms. The minimum Gasteiger partial charge on any atom is -0.508 e. The van der Waals surface area contributed by atoms with Crippen LogP contribution in [0.5, 0.6) is 11.6 Å². The molecule has 0 atom stereocenters. The Morgan fingerprint density at radius 1 is 1.35 bits per heavy atom. The molecule has 0 aliphatic heterocycles. The van der Waals surface area contributed by atoms with Crippen molar-refractivity contribution in [3.8, 4) is 17.3 Å². The molecule has 1 heterocycles. The van der Waals surface area contributed by atoms with Gasteiger partial charge in [-0.25, -0.2) is 4.68 Å². The van der Waals surface area contributed by atoms with E-state index in [9.17, 15) is 19.8 Å². The number of hydrogen-bond acceptors (Lipinski definition) is 4. The molecule has 6 nitrogen and oxygen atoms in total. The normalized spacial score (nSPS) is 10.4. The Morgan fingerprint density at radius 2 is 2.06 bits per heavy atom. The highest BCUT2D eigenvalue weighted by atomic mass is 16.3. The maximum Gasteiger partial charge on any atom is 0.279 e. The molecule has 6 heteroatoms. The minimum atomic E-state index is -0.668. The van der Waals surface area contributed by atoms with Crippen LogP contribution in [0.15, 0.2) is 29.1 Å². The first-order valence-electron chi connectivity index (χ1n) is 4.85. The summed E-state index contributed by atoms with van der Waals surface area (Å²) in [6.07, 6.45) is 0. The predicted molar refractivity (Wildman–Crippen MR) is 59.7 cm³/mol. The number of aromatic amines is 1. The fourth-order valence-electron chi connectivity index (χ4n) is 1.56. The Kier molecular flexibility index (Phi) is 2.47. The van der Waals surface area contributed by atoms with Crippen molar-refractivity contribution >= 4 is 5.78 Å². The van der Waals surface area contributed by atoms with Gasteiger partial charge >= 0.3 is 0 Å². The Bertz CT molecular complexity index is 639. The Labute approximate surface area is 95.7 Å². The Balaban J connectivity index is 2.66. The van der Waals surface area contributed by atoms with Crippen LogP contribution >= 0.6 is 0 Å². The lowest BCUT2D eigenvalue weighted by atomic mass is 10.2. The van der Waals surface area contributed by atoms with E-state index in [2.05, 4.69) is 5.10 Å². The number of H-pyrrole nitrogens is 1. The quantitative estimate of drug-likeness (QED) is 0.669. The van der Waals surface area contributed by atoms with Crippen molar-refractivity contribution in [2.75, 3.05) is 0 Å². The van der Waals surface area contributed by atoms with Crippen LogP contribution < -0.4 is 5.56 Å². The highest BCUT2D eigenvalue weighted by Gasteiger charge is 2.18. The fraction of sp³-hybridized carbons (Fsp3) is 0.0909. The molecular weight excluding hydrogens is 224 g/mol. The summed E-state index contributed by atoms with van der Waals surface area (Å²) >= 11 is 0. The van der Waals surface area contributed by atoms with Gasteiger partial charge in [0.05, 0.1) is 5.69 Å². The standard InChI is InChI=1S/C11H10N2O4/c1-6(14)9-10(16)12-13(11(9)17)7-3-2-4-8(15)5-7/h2-5,15,17H,1H3,(H,12,16). The number of benzene rings is 1. The van der Waals surface area contributed by atoms with Crippen LogP contribution in [0.25, 0.3) is 5.69 Å². The number of aromatic hydroxyl groups is 2. The predicted octanol–water partition coefficient (Wildman–Crippen LogP) is 0.779. The minimum absolute atomic E-state index is 0.0131. The number of ketones is 1. The number of nitrogens with one attached hydrogen (secondary N) is 1. The summed E-state index contributed by atoms with van der Waals surface area (Å²) in [5.41, 5.74) is -0.612. The zero-order valence-electron chi connectivity index (χ0n) is 8.97. The topological polar surface area (TPSA) is 95.3 Å². The average Bonchev–Trinajstić information content (AvgIpc) is 2.54. The van der Waals surface area contributed by atoms with E-state index < -0.39 is 17.2 Å². The summed E-state index contributed by atoms with van der Waals surface area (Å²) in [7, 11) is 0. The largest absolute Gasteiger partial charge is 0.508 e. The van der Waals surface area contributed by atoms with Crippen molar-refractivity contribution in [1.82, 2.24) is 9.78 Å². The summed E-state index contributed by atoms with van der Waals surface area (Å²) in [5, 5.41) is 21.4. The SMILES string of the molecule is CC(=O)c1c(O)n(-c2cccc(O)c2)[nH]c1=O. The number of carbonyl (C=O) groups excluding carboxylic acids is 1. The molecule has 3 N–H and O–H groups in total. The molecule has 1 aromatic heterocycles. The van der Waals surface area contributed by atoms with Crippen LogP contribution in [0, 0.1) is 0 Å². The molecule has 0 fully saturated rings. The van der Waals surface area contributed by atoms with Crippen molar-refractivity contribution in [2.45, 2.75) is 6.92 Å². The maximum atomic E-state index is 11.4. The van der Waals surface area contributed by atoms with Gasteiger partial charge in [0.15, 0.2) is 5.78 Å². The van der Waals surface area contributed by atoms with E-state index in [0.717, 1.165) is 4.68 Å². The van der Waals surface area contributed by atoms with Crippen molar-refractivity contribution in [3.05, 3.63) is 40.2 Å². The van der Waals surface area contributed by atoms with Gasteiger partial charge < -0.3 is 10.2 Å². The van der Waals surface area contributed by atoms with Gasteiger partial charge in [0.1, 0.15) is 11.3 Å². The number of nitrogens with zero attached hydrogens (tertiary/aromatic N) is 1. The van der Waals surface area contributed by atoms with Gasteiger partial charge in [-0.15, -0.1) is 0 Å². The third kappa shape index (κ3) is 1.80. The number of hydrogen-bond donors (Lipinski definition) is 3. The van der Waals surface area contributed by atoms with Crippen LogP contribution in [0.4, 0.5) is 0 Å². The molecule has 0 spiro atoms. The lowest BCUT2D eigenvalue weighted by Gasteiger charge is -2.04. The van der Waals surface area contributed by atoms with Crippen molar-refractivity contribution in [1.29, 1.82) is 0 Å². The van der Waals surface area contributed by atoms with E-state index in [-0.39, 0.29) is 11.3 Å². The third-order valence-electron chi connectivity index (χ3n) is 2.32. The molecule has 2 rings (SSSR count). The molecule has 0 saturated heterocycles. The van der Waals surface area contributed by atoms with Crippen molar-refractivity contribution < 1.29 is 15.0 Å². The van der Waals surface area contributed by atoms with Gasteiger partial charge in [0, 0.05) is 6.07 Å². The number of phenols is 1. The first kappa shape index (κ1) is 11.0. The number of Topliss-reactive ketones (excluding diaryl/α,β-unsaturated/α-hetero) is 1. The van der Waals surface area contributed by atoms with Crippen LogP contribution in [0.1, 0.15) is 17.3 Å². The smallest absolute Gasteiger partial charge is 0.279 e. The van der Waals surface area contributed by atoms with Gasteiger partial charge in [0.25, 0.3) is 5.56 Å². The molecule has 17 heavy (non-hydrogen) atoms. The molecule has 0 aliphatic rings. The molecule has 0 unspecified atom stereocenters. The molecule has 1 aromatic carbocycles. The lowest BCUT2D eigenvalue weighted by Crippen LogP contribution is -2.10. The third-order valence-corrected chi connectivity index (χ3v) is 2.32. The summed E-state index contributed by atoms with van der Waals surface area (Å²) in [6, 6.07) is 5.92. The van der Waals surface area contributed by atoms with Gasteiger partial charge in [0.2, 0.25) is 5.88 Å². The van der Waals surface area contributed by atoms with Gasteiger partial charge in [-0.3, -0.25) is 14.7 Å². The number of phenolic OH excluding ortho intramolecular Hbond substituents is 1. The lowest BCUT2D eigenvalue weighted by molar-refractivity contribution is 0.101. The molecule has 0 aliphatic carbocycles. The highest BCUT2D eigenvalue weighted by molar-refractivity contribution is 5.96. The van der Waals surface area contributed by atoms with Crippen LogP contribution in [0.2, 0.25) is 0 Å². The Morgan fingerprint density at radius 3 is 2.59 bits per heavy atom. The molecule has 88 valence electrons. The summed E-state index contributed by atoms with van der Waals surface area (Å²) < 4.78 is 1.04. The summed E-state index contributed by atoms with van der Waals surface area (Å²) in [4.78, 5) is 22.6. The monoisotopic (exact) mass is 234 g/mol. The molecule has 2 aromatic rings. The zero-order chi connectivity index (χ0) is 12.6. The highest BCUT2D eigenvalue weighted by Crippen LogP contribution is 2.21. The van der Waals surface area contributed by atoms with E-state index in [1.165, 1.54) is 19.1 Å². The van der Waals surface area contributed by atoms with E-state index in [1.807, 2.05) is 0 Å². The second-order valence-electron chi connectivity index (χ2n) is 3.55. The van der Waals surface area contributed by atoms with E-state index in [1.54, 1.807) is 12.1 Å². The van der Waals surface area contributed by atoms with E-state index in [4.69, 9.17) is 0 Å². The first-order chi connectivity index (χ1) is 8.00. The van der Waals surface area contributed by atoms with Crippen molar-refractivity contribution in [3.63, 3.8) is 0 Å². The first-order valence-corrected chi connectivity index (χ1v) is 4.85. The van der Waals surface area contributed by atoms with E-state index in [0.29, 0.717) is 5.69 Å². The zero-order valence-corrected chi connectivity index (χ0v) is 8.97. The van der Waals surface area contributed by atoms with E-state index >= 15 is 0 Å².